The molecule has 2 rings (SSSR count). The lowest BCUT2D eigenvalue weighted by molar-refractivity contribution is 0.0212. The van der Waals surface area contributed by atoms with Crippen LogP contribution in [0.4, 0.5) is 0 Å². The first-order valence-electron chi connectivity index (χ1n) is 6.50. The van der Waals surface area contributed by atoms with Gasteiger partial charge >= 0.3 is 0 Å². The van der Waals surface area contributed by atoms with Crippen molar-refractivity contribution in [1.82, 2.24) is 19.8 Å². The minimum atomic E-state index is 0.0948. The molecule has 2 heterocycles. The van der Waals surface area contributed by atoms with Gasteiger partial charge in [-0.2, -0.15) is 0 Å². The molecular formula is C13H24N4O. The fourth-order valence-electron chi connectivity index (χ4n) is 2.04. The SMILES string of the molecule is CN(C)C(C)(C)Cn1cncc1C1CNCCO1. The zero-order chi connectivity index (χ0) is 13.2. The number of ether oxygens (including phenoxy) is 1. The Balaban J connectivity index is 2.12. The van der Waals surface area contributed by atoms with Crippen LogP contribution in [0.5, 0.6) is 0 Å². The first-order chi connectivity index (χ1) is 8.50. The van der Waals surface area contributed by atoms with Gasteiger partial charge in [-0.15, -0.1) is 0 Å². The molecule has 0 spiro atoms. The third-order valence-electron chi connectivity index (χ3n) is 3.77. The van der Waals surface area contributed by atoms with Gasteiger partial charge in [0.1, 0.15) is 6.10 Å². The van der Waals surface area contributed by atoms with Crippen LogP contribution in [0, 0.1) is 0 Å². The number of likely N-dealkylation sites (N-methyl/N-ethyl adjacent to an activating group) is 1. The summed E-state index contributed by atoms with van der Waals surface area (Å²) >= 11 is 0. The van der Waals surface area contributed by atoms with Gasteiger partial charge in [0.05, 0.1) is 24.8 Å². The molecule has 1 saturated heterocycles. The second-order valence-electron chi connectivity index (χ2n) is 5.72. The van der Waals surface area contributed by atoms with Gasteiger partial charge in [0.25, 0.3) is 0 Å². The van der Waals surface area contributed by atoms with Crippen molar-refractivity contribution in [3.8, 4) is 0 Å². The predicted octanol–water partition coefficient (Wildman–Crippen LogP) is 0.884. The normalized spacial score (nSPS) is 21.5. The van der Waals surface area contributed by atoms with Crippen LogP contribution in [0.2, 0.25) is 0 Å². The Kier molecular flexibility index (Phi) is 4.04. The van der Waals surface area contributed by atoms with Crippen LogP contribution in [-0.4, -0.2) is 53.8 Å². The summed E-state index contributed by atoms with van der Waals surface area (Å²) in [5, 5.41) is 3.36. The molecule has 0 radical (unpaired) electrons. The minimum Gasteiger partial charge on any atom is -0.369 e. The van der Waals surface area contributed by atoms with E-state index < -0.39 is 0 Å². The highest BCUT2D eigenvalue weighted by Crippen LogP contribution is 2.21. The molecule has 1 aromatic heterocycles. The van der Waals surface area contributed by atoms with Gasteiger partial charge in [0.2, 0.25) is 0 Å². The van der Waals surface area contributed by atoms with Crippen molar-refractivity contribution in [3.63, 3.8) is 0 Å². The highest BCUT2D eigenvalue weighted by molar-refractivity contribution is 5.06. The van der Waals surface area contributed by atoms with Crippen molar-refractivity contribution in [1.29, 1.82) is 0 Å². The van der Waals surface area contributed by atoms with Crippen LogP contribution in [-0.2, 0) is 11.3 Å². The molecule has 1 atom stereocenters. The highest BCUT2D eigenvalue weighted by atomic mass is 16.5. The molecule has 1 N–H and O–H groups in total. The second kappa shape index (κ2) is 5.38. The smallest absolute Gasteiger partial charge is 0.111 e. The molecule has 0 bridgehead atoms. The van der Waals surface area contributed by atoms with Crippen molar-refractivity contribution in [3.05, 3.63) is 18.2 Å². The third kappa shape index (κ3) is 2.91. The lowest BCUT2D eigenvalue weighted by Crippen LogP contribution is -2.43. The first kappa shape index (κ1) is 13.5. The number of nitrogens with one attached hydrogen (secondary N) is 1. The number of imidazole rings is 1. The minimum absolute atomic E-state index is 0.0948. The average molecular weight is 252 g/mol. The predicted molar refractivity (Wildman–Crippen MR) is 71.6 cm³/mol. The van der Waals surface area contributed by atoms with Crippen molar-refractivity contribution >= 4 is 0 Å². The average Bonchev–Trinajstić information content (AvgIpc) is 2.77. The number of nitrogens with zero attached hydrogens (tertiary/aromatic N) is 3. The molecule has 102 valence electrons. The van der Waals surface area contributed by atoms with Crippen LogP contribution in [0.3, 0.4) is 0 Å². The van der Waals surface area contributed by atoms with Crippen LogP contribution < -0.4 is 5.32 Å². The van der Waals surface area contributed by atoms with E-state index >= 15 is 0 Å². The van der Waals surface area contributed by atoms with E-state index in [2.05, 4.69) is 47.7 Å². The Labute approximate surface area is 109 Å². The Bertz CT molecular complexity index is 380. The van der Waals surface area contributed by atoms with Gasteiger partial charge in [0, 0.05) is 25.2 Å². The van der Waals surface area contributed by atoms with Crippen LogP contribution in [0.25, 0.3) is 0 Å². The standard InChI is InChI=1S/C13H24N4O/c1-13(2,16(3)4)9-17-10-15-7-11(17)12-8-14-5-6-18-12/h7,10,12,14H,5-6,8-9H2,1-4H3. The summed E-state index contributed by atoms with van der Waals surface area (Å²) in [5.41, 5.74) is 1.26. The summed E-state index contributed by atoms with van der Waals surface area (Å²) in [4.78, 5) is 6.51. The monoisotopic (exact) mass is 252 g/mol. The largest absolute Gasteiger partial charge is 0.369 e. The Hall–Kier alpha value is -0.910. The molecule has 0 aliphatic carbocycles. The number of aromatic nitrogens is 2. The Morgan fingerprint density at radius 3 is 2.94 bits per heavy atom. The summed E-state index contributed by atoms with van der Waals surface area (Å²) < 4.78 is 8.01. The summed E-state index contributed by atoms with van der Waals surface area (Å²) in [6, 6.07) is 0. The highest BCUT2D eigenvalue weighted by Gasteiger charge is 2.25. The van der Waals surface area contributed by atoms with Crippen LogP contribution in [0.1, 0.15) is 25.6 Å². The molecular weight excluding hydrogens is 228 g/mol. The zero-order valence-corrected chi connectivity index (χ0v) is 11.8. The molecule has 0 amide bonds. The van der Waals surface area contributed by atoms with Crippen molar-refractivity contribution in [2.24, 2.45) is 0 Å². The number of hydrogen-bond acceptors (Lipinski definition) is 4. The van der Waals surface area contributed by atoms with E-state index in [9.17, 15) is 0 Å². The van der Waals surface area contributed by atoms with Crippen LogP contribution in [0.15, 0.2) is 12.5 Å². The van der Waals surface area contributed by atoms with E-state index in [1.807, 2.05) is 12.5 Å². The fraction of sp³-hybridized carbons (Fsp3) is 0.769. The quantitative estimate of drug-likeness (QED) is 0.864. The third-order valence-corrected chi connectivity index (χ3v) is 3.77. The van der Waals surface area contributed by atoms with E-state index in [1.165, 1.54) is 0 Å². The molecule has 1 aliphatic heterocycles. The van der Waals surface area contributed by atoms with E-state index in [0.717, 1.165) is 31.9 Å². The van der Waals surface area contributed by atoms with E-state index in [4.69, 9.17) is 4.74 Å². The van der Waals surface area contributed by atoms with Gasteiger partial charge in [-0.05, 0) is 27.9 Å². The summed E-state index contributed by atoms with van der Waals surface area (Å²) in [6.45, 7) is 7.96. The maximum absolute atomic E-state index is 5.80. The lowest BCUT2D eigenvalue weighted by Gasteiger charge is -2.34. The van der Waals surface area contributed by atoms with Gasteiger partial charge in [-0.1, -0.05) is 0 Å². The molecule has 18 heavy (non-hydrogen) atoms. The van der Waals surface area contributed by atoms with E-state index in [0.29, 0.717) is 0 Å². The van der Waals surface area contributed by atoms with Crippen molar-refractivity contribution < 1.29 is 4.74 Å². The first-order valence-corrected chi connectivity index (χ1v) is 6.50. The topological polar surface area (TPSA) is 42.3 Å². The lowest BCUT2D eigenvalue weighted by atomic mass is 10.0. The number of hydrogen-bond donors (Lipinski definition) is 1. The Morgan fingerprint density at radius 1 is 1.56 bits per heavy atom. The molecule has 1 fully saturated rings. The fourth-order valence-corrected chi connectivity index (χ4v) is 2.04. The second-order valence-corrected chi connectivity index (χ2v) is 5.72. The number of morpholine rings is 1. The van der Waals surface area contributed by atoms with Crippen LogP contribution >= 0.6 is 0 Å². The molecule has 0 aromatic carbocycles. The molecule has 1 unspecified atom stereocenters. The molecule has 1 aliphatic rings. The van der Waals surface area contributed by atoms with Crippen molar-refractivity contribution in [2.45, 2.75) is 32.0 Å². The summed E-state index contributed by atoms with van der Waals surface area (Å²) in [6.07, 6.45) is 3.95. The van der Waals surface area contributed by atoms with Gasteiger partial charge < -0.3 is 19.5 Å². The maximum atomic E-state index is 5.80. The van der Waals surface area contributed by atoms with Gasteiger partial charge in [-0.3, -0.25) is 0 Å². The maximum Gasteiger partial charge on any atom is 0.111 e. The Morgan fingerprint density at radius 2 is 2.33 bits per heavy atom. The van der Waals surface area contributed by atoms with Gasteiger partial charge in [0.15, 0.2) is 0 Å². The van der Waals surface area contributed by atoms with Crippen molar-refractivity contribution in [2.75, 3.05) is 33.8 Å². The van der Waals surface area contributed by atoms with Gasteiger partial charge in [-0.25, -0.2) is 4.98 Å². The molecule has 5 heteroatoms. The molecule has 5 nitrogen and oxygen atoms in total. The van der Waals surface area contributed by atoms with E-state index in [-0.39, 0.29) is 11.6 Å². The summed E-state index contributed by atoms with van der Waals surface area (Å²) in [7, 11) is 4.21. The van der Waals surface area contributed by atoms with E-state index in [1.54, 1.807) is 0 Å². The number of rotatable bonds is 4. The molecule has 0 saturated carbocycles. The molecule has 1 aromatic rings. The zero-order valence-electron chi connectivity index (χ0n) is 11.8. The summed E-state index contributed by atoms with van der Waals surface area (Å²) in [5.74, 6) is 0.